The average molecular weight is 229 g/mol. The smallest absolute Gasteiger partial charge is 0.0699 e. The van der Waals surface area contributed by atoms with Crippen LogP contribution in [0, 0.1) is 0 Å². The zero-order valence-electron chi connectivity index (χ0n) is 10.7. The van der Waals surface area contributed by atoms with Gasteiger partial charge in [0.25, 0.3) is 0 Å². The summed E-state index contributed by atoms with van der Waals surface area (Å²) in [6, 6.07) is 0. The van der Waals surface area contributed by atoms with Gasteiger partial charge in [0.1, 0.15) is 0 Å². The molecule has 1 unspecified atom stereocenters. The lowest BCUT2D eigenvalue weighted by Crippen LogP contribution is -2.32. The van der Waals surface area contributed by atoms with Gasteiger partial charge in [0.15, 0.2) is 0 Å². The molecule has 1 N–H and O–H groups in total. The Bertz CT molecular complexity index is 147. The highest BCUT2D eigenvalue weighted by Gasteiger charge is 2.12. The van der Waals surface area contributed by atoms with Crippen molar-refractivity contribution in [2.45, 2.75) is 51.6 Å². The van der Waals surface area contributed by atoms with Crippen LogP contribution in [0.4, 0.5) is 0 Å². The van der Waals surface area contributed by atoms with E-state index in [1.54, 1.807) is 0 Å². The van der Waals surface area contributed by atoms with Crippen LogP contribution in [0.5, 0.6) is 0 Å². The van der Waals surface area contributed by atoms with Crippen molar-refractivity contribution in [1.29, 1.82) is 0 Å². The van der Waals surface area contributed by atoms with Gasteiger partial charge in [-0.1, -0.05) is 13.3 Å². The molecule has 0 aliphatic carbocycles. The quantitative estimate of drug-likeness (QED) is 0.616. The molecule has 0 aromatic carbocycles. The molecule has 3 nitrogen and oxygen atoms in total. The van der Waals surface area contributed by atoms with E-state index in [1.807, 2.05) is 0 Å². The molecular formula is C13H27NO2. The summed E-state index contributed by atoms with van der Waals surface area (Å²) < 4.78 is 11.1. The SMILES string of the molecule is CCCCOCCCNCC1CCCCO1. The fourth-order valence-electron chi connectivity index (χ4n) is 1.88. The van der Waals surface area contributed by atoms with Crippen molar-refractivity contribution in [1.82, 2.24) is 5.32 Å². The molecule has 96 valence electrons. The first-order chi connectivity index (χ1) is 7.93. The van der Waals surface area contributed by atoms with Crippen LogP contribution in [-0.4, -0.2) is 39.0 Å². The van der Waals surface area contributed by atoms with Crippen molar-refractivity contribution in [2.24, 2.45) is 0 Å². The maximum Gasteiger partial charge on any atom is 0.0699 e. The van der Waals surface area contributed by atoms with Gasteiger partial charge < -0.3 is 14.8 Å². The Hall–Kier alpha value is -0.120. The van der Waals surface area contributed by atoms with Crippen molar-refractivity contribution in [3.63, 3.8) is 0 Å². The number of nitrogens with one attached hydrogen (secondary N) is 1. The highest BCUT2D eigenvalue weighted by atomic mass is 16.5. The van der Waals surface area contributed by atoms with Crippen molar-refractivity contribution < 1.29 is 9.47 Å². The van der Waals surface area contributed by atoms with Gasteiger partial charge in [-0.2, -0.15) is 0 Å². The van der Waals surface area contributed by atoms with E-state index in [9.17, 15) is 0 Å². The third kappa shape index (κ3) is 7.20. The standard InChI is InChI=1S/C13H27NO2/c1-2-3-9-15-10-6-8-14-12-13-7-4-5-11-16-13/h13-14H,2-12H2,1H3. The minimum absolute atomic E-state index is 0.453. The zero-order valence-corrected chi connectivity index (χ0v) is 10.7. The number of ether oxygens (including phenoxy) is 2. The molecule has 1 rings (SSSR count). The summed E-state index contributed by atoms with van der Waals surface area (Å²) in [6.07, 6.45) is 7.75. The summed E-state index contributed by atoms with van der Waals surface area (Å²) in [5.74, 6) is 0. The number of rotatable bonds is 9. The van der Waals surface area contributed by atoms with E-state index in [2.05, 4.69) is 12.2 Å². The summed E-state index contributed by atoms with van der Waals surface area (Å²) >= 11 is 0. The monoisotopic (exact) mass is 229 g/mol. The first-order valence-corrected chi connectivity index (χ1v) is 6.83. The third-order valence-corrected chi connectivity index (χ3v) is 2.93. The largest absolute Gasteiger partial charge is 0.381 e. The van der Waals surface area contributed by atoms with Crippen LogP contribution in [0.1, 0.15) is 45.4 Å². The lowest BCUT2D eigenvalue weighted by Gasteiger charge is -2.22. The van der Waals surface area contributed by atoms with Crippen molar-refractivity contribution in [3.8, 4) is 0 Å². The van der Waals surface area contributed by atoms with E-state index in [4.69, 9.17) is 9.47 Å². The van der Waals surface area contributed by atoms with Crippen LogP contribution in [0.15, 0.2) is 0 Å². The van der Waals surface area contributed by atoms with Gasteiger partial charge in [-0.15, -0.1) is 0 Å². The molecule has 1 aliphatic heterocycles. The van der Waals surface area contributed by atoms with E-state index in [0.717, 1.165) is 39.3 Å². The van der Waals surface area contributed by atoms with Gasteiger partial charge in [0, 0.05) is 26.4 Å². The molecule has 1 saturated heterocycles. The highest BCUT2D eigenvalue weighted by Crippen LogP contribution is 2.11. The molecule has 0 aromatic rings. The van der Waals surface area contributed by atoms with Gasteiger partial charge >= 0.3 is 0 Å². The Morgan fingerprint density at radius 2 is 2.12 bits per heavy atom. The molecule has 0 spiro atoms. The van der Waals surface area contributed by atoms with Crippen LogP contribution in [-0.2, 0) is 9.47 Å². The molecule has 0 bridgehead atoms. The summed E-state index contributed by atoms with van der Waals surface area (Å²) in [7, 11) is 0. The molecule has 1 aliphatic rings. The number of hydrogen-bond acceptors (Lipinski definition) is 3. The molecule has 1 atom stereocenters. The molecular weight excluding hydrogens is 202 g/mol. The molecule has 0 amide bonds. The fourth-order valence-corrected chi connectivity index (χ4v) is 1.88. The Balaban J connectivity index is 1.77. The predicted molar refractivity (Wildman–Crippen MR) is 66.8 cm³/mol. The van der Waals surface area contributed by atoms with Crippen molar-refractivity contribution in [3.05, 3.63) is 0 Å². The molecule has 0 radical (unpaired) electrons. The van der Waals surface area contributed by atoms with E-state index in [-0.39, 0.29) is 0 Å². The second-order valence-corrected chi connectivity index (χ2v) is 4.51. The Morgan fingerprint density at radius 3 is 2.88 bits per heavy atom. The molecule has 0 aromatic heterocycles. The molecule has 16 heavy (non-hydrogen) atoms. The summed E-state index contributed by atoms with van der Waals surface area (Å²) in [5, 5.41) is 3.44. The number of hydrogen-bond donors (Lipinski definition) is 1. The first-order valence-electron chi connectivity index (χ1n) is 6.83. The van der Waals surface area contributed by atoms with Gasteiger partial charge in [0.05, 0.1) is 6.10 Å². The second-order valence-electron chi connectivity index (χ2n) is 4.51. The second kappa shape index (κ2) is 10.1. The third-order valence-electron chi connectivity index (χ3n) is 2.93. The fraction of sp³-hybridized carbons (Fsp3) is 1.00. The zero-order chi connectivity index (χ0) is 11.5. The maximum absolute atomic E-state index is 5.64. The van der Waals surface area contributed by atoms with Crippen LogP contribution in [0.2, 0.25) is 0 Å². The minimum atomic E-state index is 0.453. The molecule has 3 heteroatoms. The van der Waals surface area contributed by atoms with Crippen LogP contribution in [0.3, 0.4) is 0 Å². The van der Waals surface area contributed by atoms with Gasteiger partial charge in [0.2, 0.25) is 0 Å². The highest BCUT2D eigenvalue weighted by molar-refractivity contribution is 4.66. The summed E-state index contributed by atoms with van der Waals surface area (Å²) in [5.41, 5.74) is 0. The van der Waals surface area contributed by atoms with E-state index in [0.29, 0.717) is 6.10 Å². The lowest BCUT2D eigenvalue weighted by molar-refractivity contribution is 0.0166. The van der Waals surface area contributed by atoms with Gasteiger partial charge in [-0.3, -0.25) is 0 Å². The molecule has 0 saturated carbocycles. The normalized spacial score (nSPS) is 21.2. The summed E-state index contributed by atoms with van der Waals surface area (Å²) in [6.45, 7) is 7.00. The Kier molecular flexibility index (Phi) is 8.77. The molecule has 1 heterocycles. The van der Waals surface area contributed by atoms with Crippen LogP contribution >= 0.6 is 0 Å². The van der Waals surface area contributed by atoms with Crippen LogP contribution < -0.4 is 5.32 Å². The minimum Gasteiger partial charge on any atom is -0.381 e. The van der Waals surface area contributed by atoms with E-state index < -0.39 is 0 Å². The first kappa shape index (κ1) is 13.9. The summed E-state index contributed by atoms with van der Waals surface area (Å²) in [4.78, 5) is 0. The van der Waals surface area contributed by atoms with E-state index >= 15 is 0 Å². The lowest BCUT2D eigenvalue weighted by atomic mass is 10.1. The van der Waals surface area contributed by atoms with Crippen molar-refractivity contribution in [2.75, 3.05) is 32.9 Å². The predicted octanol–water partition coefficient (Wildman–Crippen LogP) is 2.35. The maximum atomic E-state index is 5.64. The molecule has 1 fully saturated rings. The van der Waals surface area contributed by atoms with E-state index in [1.165, 1.54) is 32.1 Å². The average Bonchev–Trinajstić information content (AvgIpc) is 2.34. The van der Waals surface area contributed by atoms with Crippen LogP contribution in [0.25, 0.3) is 0 Å². The Morgan fingerprint density at radius 1 is 1.25 bits per heavy atom. The topological polar surface area (TPSA) is 30.5 Å². The van der Waals surface area contributed by atoms with Gasteiger partial charge in [-0.05, 0) is 38.6 Å². The van der Waals surface area contributed by atoms with Crippen molar-refractivity contribution >= 4 is 0 Å². The number of unbranched alkanes of at least 4 members (excludes halogenated alkanes) is 1. The Labute approximate surface area is 99.9 Å². The van der Waals surface area contributed by atoms with Gasteiger partial charge in [-0.25, -0.2) is 0 Å².